The third-order valence-corrected chi connectivity index (χ3v) is 6.60. The molecule has 6 nitrogen and oxygen atoms in total. The fourth-order valence-electron chi connectivity index (χ4n) is 5.10. The van der Waals surface area contributed by atoms with E-state index in [0.717, 1.165) is 49.5 Å². The standard InChI is InChI=1S/C21H27N3O3/c25-20-12-15-2-1-14(9-18(15)22-20)10-21(26)24-7-5-23(6-8-24)13-16-11-17-3-4-19(16)27-17/h1-2,9,16-17,19H,3-8,10-13H2,(H,22,25). The van der Waals surface area contributed by atoms with Gasteiger partial charge in [0, 0.05) is 44.3 Å². The average molecular weight is 369 g/mol. The second-order valence-corrected chi connectivity index (χ2v) is 8.44. The van der Waals surface area contributed by atoms with Crippen LogP contribution in [0.15, 0.2) is 18.2 Å². The zero-order chi connectivity index (χ0) is 18.4. The minimum absolute atomic E-state index is 0.0329. The molecular weight excluding hydrogens is 342 g/mol. The summed E-state index contributed by atoms with van der Waals surface area (Å²) in [6.07, 6.45) is 5.54. The van der Waals surface area contributed by atoms with Crippen molar-refractivity contribution in [1.82, 2.24) is 9.80 Å². The lowest BCUT2D eigenvalue weighted by Crippen LogP contribution is -2.50. The van der Waals surface area contributed by atoms with E-state index < -0.39 is 0 Å². The van der Waals surface area contributed by atoms with Gasteiger partial charge in [-0.15, -0.1) is 0 Å². The van der Waals surface area contributed by atoms with Gasteiger partial charge in [0.05, 0.1) is 25.0 Å². The van der Waals surface area contributed by atoms with Crippen molar-refractivity contribution in [2.45, 2.75) is 44.3 Å². The van der Waals surface area contributed by atoms with E-state index in [9.17, 15) is 9.59 Å². The summed E-state index contributed by atoms with van der Waals surface area (Å²) in [5, 5.41) is 2.86. The van der Waals surface area contributed by atoms with E-state index in [0.29, 0.717) is 31.0 Å². The predicted molar refractivity (Wildman–Crippen MR) is 102 cm³/mol. The zero-order valence-electron chi connectivity index (χ0n) is 15.7. The van der Waals surface area contributed by atoms with Gasteiger partial charge < -0.3 is 15.0 Å². The van der Waals surface area contributed by atoms with Crippen LogP contribution in [0.2, 0.25) is 0 Å². The van der Waals surface area contributed by atoms with Crippen LogP contribution in [0, 0.1) is 5.92 Å². The Morgan fingerprint density at radius 1 is 1.19 bits per heavy atom. The van der Waals surface area contributed by atoms with Gasteiger partial charge in [0.1, 0.15) is 0 Å². The molecule has 27 heavy (non-hydrogen) atoms. The summed E-state index contributed by atoms with van der Waals surface area (Å²) in [6, 6.07) is 5.89. The predicted octanol–water partition coefficient (Wildman–Crippen LogP) is 1.44. The van der Waals surface area contributed by atoms with E-state index in [2.05, 4.69) is 10.2 Å². The normalized spacial score (nSPS) is 29.9. The van der Waals surface area contributed by atoms with Crippen molar-refractivity contribution < 1.29 is 14.3 Å². The highest BCUT2D eigenvalue weighted by Gasteiger charge is 2.41. The number of rotatable bonds is 4. The molecule has 4 aliphatic rings. The number of carbonyl (C=O) groups excluding carboxylic acids is 2. The lowest BCUT2D eigenvalue weighted by molar-refractivity contribution is -0.132. The number of nitrogens with zero attached hydrogens (tertiary/aromatic N) is 2. The van der Waals surface area contributed by atoms with Gasteiger partial charge in [-0.2, -0.15) is 0 Å². The Kier molecular flexibility index (Phi) is 4.40. The number of hydrogen-bond acceptors (Lipinski definition) is 4. The quantitative estimate of drug-likeness (QED) is 0.872. The Balaban J connectivity index is 1.12. The Bertz CT molecular complexity index is 757. The molecule has 4 aliphatic heterocycles. The van der Waals surface area contributed by atoms with Gasteiger partial charge in [0.25, 0.3) is 0 Å². The molecule has 0 aromatic heterocycles. The second-order valence-electron chi connectivity index (χ2n) is 8.44. The first-order chi connectivity index (χ1) is 13.1. The fraction of sp³-hybridized carbons (Fsp3) is 0.619. The number of piperazine rings is 1. The zero-order valence-corrected chi connectivity index (χ0v) is 15.7. The highest BCUT2D eigenvalue weighted by Crippen LogP contribution is 2.39. The Labute approximate surface area is 159 Å². The van der Waals surface area contributed by atoms with Gasteiger partial charge in [-0.25, -0.2) is 0 Å². The average Bonchev–Trinajstić information content (AvgIpc) is 3.36. The van der Waals surface area contributed by atoms with E-state index in [4.69, 9.17) is 4.74 Å². The van der Waals surface area contributed by atoms with E-state index >= 15 is 0 Å². The number of carbonyl (C=O) groups is 2. The van der Waals surface area contributed by atoms with Gasteiger partial charge in [-0.05, 0) is 36.5 Å². The van der Waals surface area contributed by atoms with Gasteiger partial charge in [0.2, 0.25) is 11.8 Å². The van der Waals surface area contributed by atoms with Crippen LogP contribution in [0.25, 0.3) is 0 Å². The summed E-state index contributed by atoms with van der Waals surface area (Å²) >= 11 is 0. The second kappa shape index (κ2) is 6.91. The first-order valence-corrected chi connectivity index (χ1v) is 10.2. The number of ether oxygens (including phenoxy) is 1. The molecule has 0 aliphatic carbocycles. The summed E-state index contributed by atoms with van der Waals surface area (Å²) in [7, 11) is 0. The third kappa shape index (κ3) is 3.48. The first-order valence-electron chi connectivity index (χ1n) is 10.2. The van der Waals surface area contributed by atoms with Crippen LogP contribution >= 0.6 is 0 Å². The van der Waals surface area contributed by atoms with Crippen LogP contribution in [0.3, 0.4) is 0 Å². The third-order valence-electron chi connectivity index (χ3n) is 6.60. The molecule has 1 aromatic carbocycles. The van der Waals surface area contributed by atoms with Gasteiger partial charge in [-0.3, -0.25) is 14.5 Å². The van der Waals surface area contributed by atoms with Crippen LogP contribution < -0.4 is 5.32 Å². The largest absolute Gasteiger partial charge is 0.375 e. The molecule has 144 valence electrons. The van der Waals surface area contributed by atoms with Crippen molar-refractivity contribution in [2.75, 3.05) is 38.0 Å². The van der Waals surface area contributed by atoms with Crippen LogP contribution in [0.1, 0.15) is 30.4 Å². The summed E-state index contributed by atoms with van der Waals surface area (Å²) < 4.78 is 5.97. The van der Waals surface area contributed by atoms with Crippen LogP contribution in [0.4, 0.5) is 5.69 Å². The fourth-order valence-corrected chi connectivity index (χ4v) is 5.10. The monoisotopic (exact) mass is 369 g/mol. The molecule has 3 saturated heterocycles. The maximum atomic E-state index is 12.7. The summed E-state index contributed by atoms with van der Waals surface area (Å²) in [5.74, 6) is 0.903. The number of hydrogen-bond donors (Lipinski definition) is 1. The van der Waals surface area contributed by atoms with E-state index in [1.807, 2.05) is 23.1 Å². The van der Waals surface area contributed by atoms with E-state index in [1.165, 1.54) is 19.3 Å². The van der Waals surface area contributed by atoms with Crippen molar-refractivity contribution >= 4 is 17.5 Å². The summed E-state index contributed by atoms with van der Waals surface area (Å²) in [4.78, 5) is 28.7. The number of anilines is 1. The molecule has 2 bridgehead atoms. The molecule has 4 heterocycles. The Hall–Kier alpha value is -1.92. The van der Waals surface area contributed by atoms with E-state index in [-0.39, 0.29) is 11.8 Å². The van der Waals surface area contributed by atoms with Gasteiger partial charge in [-0.1, -0.05) is 12.1 Å². The van der Waals surface area contributed by atoms with Crippen LogP contribution in [-0.2, 0) is 27.2 Å². The molecule has 1 N–H and O–H groups in total. The molecule has 5 rings (SSSR count). The SMILES string of the molecule is O=C1Cc2ccc(CC(=O)N3CCN(CC4CC5CCC4O5)CC3)cc2N1. The number of amides is 2. The summed E-state index contributed by atoms with van der Waals surface area (Å²) in [6.45, 7) is 4.65. The van der Waals surface area contributed by atoms with Crippen molar-refractivity contribution in [3.63, 3.8) is 0 Å². The number of nitrogens with one attached hydrogen (secondary N) is 1. The Morgan fingerprint density at radius 3 is 2.78 bits per heavy atom. The first kappa shape index (κ1) is 17.2. The number of fused-ring (bicyclic) bond motifs is 3. The molecule has 1 aromatic rings. The summed E-state index contributed by atoms with van der Waals surface area (Å²) in [5.41, 5.74) is 2.86. The minimum atomic E-state index is 0.0329. The molecule has 3 fully saturated rings. The number of benzene rings is 1. The molecule has 3 unspecified atom stereocenters. The van der Waals surface area contributed by atoms with Crippen molar-refractivity contribution in [1.29, 1.82) is 0 Å². The molecule has 0 spiro atoms. The van der Waals surface area contributed by atoms with Gasteiger partial charge in [0.15, 0.2) is 0 Å². The lowest BCUT2D eigenvalue weighted by Gasteiger charge is -2.37. The van der Waals surface area contributed by atoms with Crippen LogP contribution in [-0.4, -0.2) is 66.5 Å². The minimum Gasteiger partial charge on any atom is -0.375 e. The topological polar surface area (TPSA) is 61.9 Å². The van der Waals surface area contributed by atoms with Crippen molar-refractivity contribution in [3.05, 3.63) is 29.3 Å². The molecule has 0 saturated carbocycles. The maximum Gasteiger partial charge on any atom is 0.228 e. The lowest BCUT2D eigenvalue weighted by atomic mass is 9.89. The van der Waals surface area contributed by atoms with Crippen molar-refractivity contribution in [3.8, 4) is 0 Å². The highest BCUT2D eigenvalue weighted by atomic mass is 16.5. The highest BCUT2D eigenvalue weighted by molar-refractivity contribution is 5.99. The molecule has 2 amide bonds. The van der Waals surface area contributed by atoms with E-state index in [1.54, 1.807) is 0 Å². The van der Waals surface area contributed by atoms with Gasteiger partial charge >= 0.3 is 0 Å². The molecule has 3 atom stereocenters. The van der Waals surface area contributed by atoms with Crippen molar-refractivity contribution in [2.24, 2.45) is 5.92 Å². The smallest absolute Gasteiger partial charge is 0.228 e. The Morgan fingerprint density at radius 2 is 2.04 bits per heavy atom. The maximum absolute atomic E-state index is 12.7. The van der Waals surface area contributed by atoms with Crippen LogP contribution in [0.5, 0.6) is 0 Å². The molecular formula is C21H27N3O3. The molecule has 0 radical (unpaired) electrons. The molecule has 6 heteroatoms.